The van der Waals surface area contributed by atoms with E-state index in [0.717, 1.165) is 42.3 Å². The zero-order valence-electron chi connectivity index (χ0n) is 22.2. The number of nitrogens with zero attached hydrogens (tertiary/aromatic N) is 2. The monoisotopic (exact) mass is 547 g/mol. The number of amides is 1. The number of carbonyl (C=O) groups is 1. The Morgan fingerprint density at radius 3 is 2.36 bits per heavy atom. The third-order valence-corrected chi connectivity index (χ3v) is 9.46. The van der Waals surface area contributed by atoms with Gasteiger partial charge in [-0.1, -0.05) is 55.0 Å². The van der Waals surface area contributed by atoms with E-state index >= 15 is 0 Å². The van der Waals surface area contributed by atoms with Crippen LogP contribution in [-0.2, 0) is 21.2 Å². The molecule has 8 nitrogen and oxygen atoms in total. The second-order valence-corrected chi connectivity index (χ2v) is 12.4. The molecule has 0 saturated carbocycles. The minimum absolute atomic E-state index is 0.0729. The second kappa shape index (κ2) is 11.9. The molecule has 0 aliphatic carbocycles. The first-order valence-electron chi connectivity index (χ1n) is 13.8. The highest BCUT2D eigenvalue weighted by atomic mass is 32.2. The third kappa shape index (κ3) is 6.49. The van der Waals surface area contributed by atoms with Gasteiger partial charge in [-0.25, -0.2) is 8.42 Å². The number of hydrogen-bond donors (Lipinski definition) is 3. The van der Waals surface area contributed by atoms with Crippen LogP contribution in [0.5, 0.6) is 0 Å². The molecular formula is C30H37N5O3S. The molecule has 0 unspecified atom stereocenters. The number of benzene rings is 3. The van der Waals surface area contributed by atoms with Crippen LogP contribution in [0.15, 0.2) is 71.6 Å². The molecule has 39 heavy (non-hydrogen) atoms. The second-order valence-electron chi connectivity index (χ2n) is 10.7. The number of sulfonamides is 1. The maximum absolute atomic E-state index is 13.8. The summed E-state index contributed by atoms with van der Waals surface area (Å²) in [4.78, 5) is 18.3. The number of amidine groups is 1. The van der Waals surface area contributed by atoms with E-state index in [4.69, 9.17) is 11.1 Å². The molecule has 9 heteroatoms. The summed E-state index contributed by atoms with van der Waals surface area (Å²) >= 11 is 0. The molecule has 0 bridgehead atoms. The van der Waals surface area contributed by atoms with Crippen LogP contribution in [0.3, 0.4) is 0 Å². The first-order valence-corrected chi connectivity index (χ1v) is 15.3. The Bertz CT molecular complexity index is 1440. The molecule has 2 aliphatic rings. The van der Waals surface area contributed by atoms with Gasteiger partial charge in [-0.2, -0.15) is 4.72 Å². The predicted octanol–water partition coefficient (Wildman–Crippen LogP) is 3.49. The Morgan fingerprint density at radius 1 is 0.923 bits per heavy atom. The number of rotatable bonds is 8. The fourth-order valence-electron chi connectivity index (χ4n) is 5.83. The molecule has 2 heterocycles. The van der Waals surface area contributed by atoms with E-state index in [9.17, 15) is 13.2 Å². The molecule has 2 fully saturated rings. The van der Waals surface area contributed by atoms with E-state index in [0.29, 0.717) is 24.7 Å². The molecule has 0 spiro atoms. The quantitative estimate of drug-likeness (QED) is 0.295. The number of hydrogen-bond acceptors (Lipinski definition) is 5. The summed E-state index contributed by atoms with van der Waals surface area (Å²) in [5, 5.41) is 9.54. The van der Waals surface area contributed by atoms with Crippen LogP contribution >= 0.6 is 0 Å². The molecule has 4 N–H and O–H groups in total. The Kier molecular flexibility index (Phi) is 8.30. The summed E-state index contributed by atoms with van der Waals surface area (Å²) in [6.45, 7) is 3.47. The van der Waals surface area contributed by atoms with Crippen molar-refractivity contribution in [3.8, 4) is 0 Å². The zero-order chi connectivity index (χ0) is 27.4. The topological polar surface area (TPSA) is 120 Å². The fraction of sp³-hybridized carbons (Fsp3) is 0.400. The fourth-order valence-corrected chi connectivity index (χ4v) is 7.05. The summed E-state index contributed by atoms with van der Waals surface area (Å²) in [7, 11) is -3.98. The standard InChI is InChI=1S/C30H37N5O3S/c31-29(32)25-10-6-7-22(19-25)20-28(30(36)35-17-13-26(14-18-35)34-15-4-1-5-16-34)33-39(37,38)27-12-11-23-8-2-3-9-24(23)21-27/h2-3,6-12,19,21,26,28,33H,1,4-5,13-18,20H2,(H3,31,32)/t28-/m0/s1. The average molecular weight is 548 g/mol. The summed E-state index contributed by atoms with van der Waals surface area (Å²) in [6.07, 6.45) is 5.72. The Hall–Kier alpha value is -3.27. The van der Waals surface area contributed by atoms with Crippen LogP contribution < -0.4 is 10.5 Å². The van der Waals surface area contributed by atoms with Crippen LogP contribution in [-0.4, -0.2) is 68.2 Å². The SMILES string of the molecule is N=C(N)c1cccc(C[C@H](NS(=O)(=O)c2ccc3ccccc3c2)C(=O)N2CCC(N3CCCCC3)CC2)c1. The number of fused-ring (bicyclic) bond motifs is 1. The Balaban J connectivity index is 1.37. The normalized spacial score (nSPS) is 18.2. The molecule has 5 rings (SSSR count). The van der Waals surface area contributed by atoms with Gasteiger partial charge in [0.2, 0.25) is 15.9 Å². The van der Waals surface area contributed by atoms with Crippen molar-refractivity contribution in [1.29, 1.82) is 5.41 Å². The molecule has 3 aromatic rings. The molecule has 3 aromatic carbocycles. The number of likely N-dealkylation sites (tertiary alicyclic amines) is 2. The van der Waals surface area contributed by atoms with Gasteiger partial charge in [-0.05, 0) is 79.7 Å². The highest BCUT2D eigenvalue weighted by Crippen LogP contribution is 2.23. The van der Waals surface area contributed by atoms with Gasteiger partial charge in [-0.3, -0.25) is 10.2 Å². The molecule has 1 amide bonds. The maximum atomic E-state index is 13.8. The van der Waals surface area contributed by atoms with Crippen molar-refractivity contribution in [2.45, 2.75) is 55.5 Å². The lowest BCUT2D eigenvalue weighted by atomic mass is 9.98. The number of nitrogens with one attached hydrogen (secondary N) is 2. The van der Waals surface area contributed by atoms with E-state index < -0.39 is 16.1 Å². The lowest BCUT2D eigenvalue weighted by molar-refractivity contribution is -0.134. The van der Waals surface area contributed by atoms with Crippen molar-refractivity contribution in [3.63, 3.8) is 0 Å². The summed E-state index contributed by atoms with van der Waals surface area (Å²) in [6, 6.07) is 19.2. The van der Waals surface area contributed by atoms with Crippen molar-refractivity contribution in [2.75, 3.05) is 26.2 Å². The molecule has 2 aliphatic heterocycles. The summed E-state index contributed by atoms with van der Waals surface area (Å²) in [5.41, 5.74) is 6.96. The van der Waals surface area contributed by atoms with Gasteiger partial charge < -0.3 is 15.5 Å². The highest BCUT2D eigenvalue weighted by molar-refractivity contribution is 7.89. The van der Waals surface area contributed by atoms with Crippen LogP contribution in [0.2, 0.25) is 0 Å². The van der Waals surface area contributed by atoms with Crippen molar-refractivity contribution in [2.24, 2.45) is 5.73 Å². The van der Waals surface area contributed by atoms with E-state index in [1.54, 1.807) is 36.4 Å². The first kappa shape index (κ1) is 27.3. The summed E-state index contributed by atoms with van der Waals surface area (Å²) in [5.74, 6) is -0.291. The third-order valence-electron chi connectivity index (χ3n) is 7.99. The molecular weight excluding hydrogens is 510 g/mol. The van der Waals surface area contributed by atoms with Crippen molar-refractivity contribution in [1.82, 2.24) is 14.5 Å². The van der Waals surface area contributed by atoms with Gasteiger partial charge in [0.25, 0.3) is 0 Å². The molecule has 1 atom stereocenters. The smallest absolute Gasteiger partial charge is 0.241 e. The van der Waals surface area contributed by atoms with Crippen LogP contribution in [0, 0.1) is 5.41 Å². The largest absolute Gasteiger partial charge is 0.384 e. The minimum Gasteiger partial charge on any atom is -0.384 e. The van der Waals surface area contributed by atoms with Crippen LogP contribution in [0.25, 0.3) is 10.8 Å². The van der Waals surface area contributed by atoms with E-state index in [1.807, 2.05) is 35.2 Å². The Labute approximate surface area is 230 Å². The summed E-state index contributed by atoms with van der Waals surface area (Å²) < 4.78 is 29.8. The van der Waals surface area contributed by atoms with Gasteiger partial charge in [-0.15, -0.1) is 0 Å². The van der Waals surface area contributed by atoms with E-state index in [2.05, 4.69) is 9.62 Å². The van der Waals surface area contributed by atoms with Crippen molar-refractivity contribution >= 4 is 32.5 Å². The number of nitrogen functional groups attached to an aromatic ring is 1. The number of nitrogens with two attached hydrogens (primary N) is 1. The number of carbonyl (C=O) groups excluding carboxylic acids is 1. The molecule has 0 aromatic heterocycles. The molecule has 206 valence electrons. The Morgan fingerprint density at radius 2 is 1.64 bits per heavy atom. The van der Waals surface area contributed by atoms with Crippen molar-refractivity contribution in [3.05, 3.63) is 77.9 Å². The number of piperidine rings is 2. The average Bonchev–Trinajstić information content (AvgIpc) is 2.97. The van der Waals surface area contributed by atoms with Crippen molar-refractivity contribution < 1.29 is 13.2 Å². The first-order chi connectivity index (χ1) is 18.8. The maximum Gasteiger partial charge on any atom is 0.241 e. The van der Waals surface area contributed by atoms with Crippen LogP contribution in [0.1, 0.15) is 43.2 Å². The lowest BCUT2D eigenvalue weighted by Crippen LogP contribution is -2.54. The minimum atomic E-state index is -3.98. The van der Waals surface area contributed by atoms with Crippen LogP contribution in [0.4, 0.5) is 0 Å². The van der Waals surface area contributed by atoms with Gasteiger partial charge >= 0.3 is 0 Å². The van der Waals surface area contributed by atoms with Gasteiger partial charge in [0.15, 0.2) is 0 Å². The van der Waals surface area contributed by atoms with E-state index in [-0.39, 0.29) is 23.1 Å². The van der Waals surface area contributed by atoms with Gasteiger partial charge in [0.1, 0.15) is 11.9 Å². The van der Waals surface area contributed by atoms with E-state index in [1.165, 1.54) is 19.3 Å². The highest BCUT2D eigenvalue weighted by Gasteiger charge is 2.33. The van der Waals surface area contributed by atoms with Gasteiger partial charge in [0, 0.05) is 24.7 Å². The lowest BCUT2D eigenvalue weighted by Gasteiger charge is -2.41. The van der Waals surface area contributed by atoms with Gasteiger partial charge in [0.05, 0.1) is 4.90 Å². The zero-order valence-corrected chi connectivity index (χ0v) is 23.0. The predicted molar refractivity (Wildman–Crippen MR) is 154 cm³/mol. The molecule has 2 saturated heterocycles. The molecule has 0 radical (unpaired) electrons.